The van der Waals surface area contributed by atoms with Crippen LogP contribution in [0.1, 0.15) is 56.6 Å². The van der Waals surface area contributed by atoms with Gasteiger partial charge in [0, 0.05) is 12.5 Å². The smallest absolute Gasteiger partial charge is 0.407 e. The molecule has 1 unspecified atom stereocenters. The molecule has 1 aliphatic carbocycles. The minimum absolute atomic E-state index is 0.0117. The van der Waals surface area contributed by atoms with Crippen molar-refractivity contribution >= 4 is 12.1 Å². The molecule has 0 saturated heterocycles. The van der Waals surface area contributed by atoms with Gasteiger partial charge >= 0.3 is 12.1 Å². The summed E-state index contributed by atoms with van der Waals surface area (Å²) < 4.78 is 27.2. The van der Waals surface area contributed by atoms with Gasteiger partial charge in [-0.2, -0.15) is 0 Å². The summed E-state index contributed by atoms with van der Waals surface area (Å²) in [6.45, 7) is 7.47. The number of fused-ring (bicyclic) bond motifs is 3. The van der Waals surface area contributed by atoms with Crippen molar-refractivity contribution in [2.75, 3.05) is 59.4 Å². The fourth-order valence-corrected chi connectivity index (χ4v) is 4.67. The maximum Gasteiger partial charge on any atom is 0.407 e. The van der Waals surface area contributed by atoms with E-state index in [1.807, 2.05) is 31.2 Å². The normalized spacial score (nSPS) is 13.0. The van der Waals surface area contributed by atoms with Crippen LogP contribution in [0.2, 0.25) is 0 Å². The van der Waals surface area contributed by atoms with E-state index in [1.165, 1.54) is 22.3 Å². The lowest BCUT2D eigenvalue weighted by Gasteiger charge is -2.14. The Hall–Kier alpha value is -2.94. The summed E-state index contributed by atoms with van der Waals surface area (Å²) >= 11 is 0. The van der Waals surface area contributed by atoms with Gasteiger partial charge in [-0.15, -0.1) is 0 Å². The fourth-order valence-electron chi connectivity index (χ4n) is 4.67. The lowest BCUT2D eigenvalue weighted by atomic mass is 9.98. The zero-order valence-electron chi connectivity index (χ0n) is 23.3. The van der Waals surface area contributed by atoms with E-state index >= 15 is 0 Å². The van der Waals surface area contributed by atoms with Crippen molar-refractivity contribution in [3.05, 3.63) is 59.7 Å². The number of benzene rings is 2. The molecule has 1 N–H and O–H groups in total. The van der Waals surface area contributed by atoms with Crippen LogP contribution in [0.25, 0.3) is 11.1 Å². The Morgan fingerprint density at radius 1 is 0.769 bits per heavy atom. The first-order valence-electron chi connectivity index (χ1n) is 14.1. The summed E-state index contributed by atoms with van der Waals surface area (Å²) in [6, 6.07) is 16.5. The van der Waals surface area contributed by atoms with Crippen LogP contribution in [0.4, 0.5) is 4.79 Å². The van der Waals surface area contributed by atoms with Gasteiger partial charge < -0.3 is 29.0 Å². The molecule has 2 aromatic rings. The second kappa shape index (κ2) is 17.6. The number of ether oxygens (including phenoxy) is 5. The molecule has 0 aromatic heterocycles. The van der Waals surface area contributed by atoms with Gasteiger partial charge in [0.1, 0.15) is 13.2 Å². The molecule has 214 valence electrons. The van der Waals surface area contributed by atoms with Gasteiger partial charge in [-0.05, 0) is 35.1 Å². The largest absolute Gasteiger partial charge is 0.463 e. The number of alkyl carbamates (subject to hydrolysis) is 1. The molecule has 0 saturated carbocycles. The Morgan fingerprint density at radius 2 is 1.33 bits per heavy atom. The minimum Gasteiger partial charge on any atom is -0.463 e. The number of nitrogens with one attached hydrogen (secondary N) is 1. The molecule has 2 aromatic carbocycles. The fraction of sp³-hybridized carbons (Fsp3) is 0.548. The number of hydrogen-bond donors (Lipinski definition) is 1. The molecule has 3 rings (SSSR count). The Labute approximate surface area is 232 Å². The van der Waals surface area contributed by atoms with Crippen LogP contribution in [0.3, 0.4) is 0 Å². The highest BCUT2D eigenvalue weighted by molar-refractivity contribution is 5.79. The summed E-state index contributed by atoms with van der Waals surface area (Å²) in [4.78, 5) is 24.2. The summed E-state index contributed by atoms with van der Waals surface area (Å²) in [6.07, 6.45) is 3.36. The molecule has 0 aliphatic heterocycles. The molecule has 1 atom stereocenters. The molecular formula is C31H43NO7. The molecule has 1 amide bonds. The number of esters is 1. The van der Waals surface area contributed by atoms with Gasteiger partial charge in [0.05, 0.1) is 45.6 Å². The predicted octanol–water partition coefficient (Wildman–Crippen LogP) is 5.33. The van der Waals surface area contributed by atoms with Crippen LogP contribution >= 0.6 is 0 Å². The van der Waals surface area contributed by atoms with Gasteiger partial charge in [-0.3, -0.25) is 4.79 Å². The lowest BCUT2D eigenvalue weighted by Crippen LogP contribution is -2.29. The molecule has 1 aliphatic rings. The molecule has 0 radical (unpaired) electrons. The van der Waals surface area contributed by atoms with E-state index in [9.17, 15) is 9.59 Å². The number of carbonyl (C=O) groups is 2. The van der Waals surface area contributed by atoms with Crippen molar-refractivity contribution < 1.29 is 33.3 Å². The summed E-state index contributed by atoms with van der Waals surface area (Å²) in [5, 5.41) is 2.73. The quantitative estimate of drug-likeness (QED) is 0.190. The Morgan fingerprint density at radius 3 is 1.92 bits per heavy atom. The summed E-state index contributed by atoms with van der Waals surface area (Å²) in [7, 11) is 0. The van der Waals surface area contributed by atoms with Crippen LogP contribution in [0.5, 0.6) is 0 Å². The Bertz CT molecular complexity index is 966. The first kappa shape index (κ1) is 30.6. The van der Waals surface area contributed by atoms with Crippen LogP contribution in [0.15, 0.2) is 48.5 Å². The average molecular weight is 542 g/mol. The third-order valence-electron chi connectivity index (χ3n) is 6.81. The van der Waals surface area contributed by atoms with E-state index in [0.717, 1.165) is 25.7 Å². The highest BCUT2D eigenvalue weighted by Crippen LogP contribution is 2.44. The van der Waals surface area contributed by atoms with E-state index < -0.39 is 6.09 Å². The molecular weight excluding hydrogens is 498 g/mol. The molecule has 0 heterocycles. The number of rotatable bonds is 19. The molecule has 0 bridgehead atoms. The van der Waals surface area contributed by atoms with Crippen molar-refractivity contribution in [1.82, 2.24) is 5.32 Å². The van der Waals surface area contributed by atoms with E-state index in [2.05, 4.69) is 36.5 Å². The van der Waals surface area contributed by atoms with Gasteiger partial charge in [0.15, 0.2) is 0 Å². The first-order chi connectivity index (χ1) is 19.2. The number of unbranched alkanes of at least 4 members (excludes halogenated alkanes) is 1. The number of amides is 1. The average Bonchev–Trinajstić information content (AvgIpc) is 3.28. The highest BCUT2D eigenvalue weighted by atomic mass is 16.6. The second-order valence-electron chi connectivity index (χ2n) is 9.50. The Kier molecular flexibility index (Phi) is 13.8. The predicted molar refractivity (Wildman–Crippen MR) is 150 cm³/mol. The van der Waals surface area contributed by atoms with Crippen molar-refractivity contribution in [3.8, 4) is 11.1 Å². The monoisotopic (exact) mass is 541 g/mol. The zero-order chi connectivity index (χ0) is 27.7. The van der Waals surface area contributed by atoms with Crippen molar-refractivity contribution in [2.24, 2.45) is 5.92 Å². The van der Waals surface area contributed by atoms with Crippen molar-refractivity contribution in [3.63, 3.8) is 0 Å². The number of hydrogen-bond acceptors (Lipinski definition) is 7. The van der Waals surface area contributed by atoms with Crippen molar-refractivity contribution in [1.29, 1.82) is 0 Å². The molecule has 8 heteroatoms. The highest BCUT2D eigenvalue weighted by Gasteiger charge is 2.28. The van der Waals surface area contributed by atoms with E-state index in [1.54, 1.807) is 0 Å². The van der Waals surface area contributed by atoms with E-state index in [-0.39, 0.29) is 31.0 Å². The lowest BCUT2D eigenvalue weighted by molar-refractivity contribution is -0.150. The molecule has 0 fully saturated rings. The molecule has 0 spiro atoms. The topological polar surface area (TPSA) is 92.3 Å². The Balaban J connectivity index is 1.15. The maximum atomic E-state index is 12.2. The van der Waals surface area contributed by atoms with Gasteiger partial charge in [0.2, 0.25) is 0 Å². The van der Waals surface area contributed by atoms with Crippen LogP contribution in [-0.2, 0) is 28.5 Å². The van der Waals surface area contributed by atoms with Gasteiger partial charge in [0.25, 0.3) is 0 Å². The third-order valence-corrected chi connectivity index (χ3v) is 6.81. The van der Waals surface area contributed by atoms with Gasteiger partial charge in [-0.25, -0.2) is 4.79 Å². The van der Waals surface area contributed by atoms with Crippen molar-refractivity contribution in [2.45, 2.75) is 45.4 Å². The van der Waals surface area contributed by atoms with Gasteiger partial charge in [-0.1, -0.05) is 75.2 Å². The SMILES string of the molecule is CCCCC(CC)C(=O)OCCOCCOCCOCCNC(=O)OCC1c2ccccc2-c2ccccc21. The number of carbonyl (C=O) groups excluding carboxylic acids is 2. The minimum atomic E-state index is -0.453. The van der Waals surface area contributed by atoms with Crippen LogP contribution < -0.4 is 5.32 Å². The standard InChI is InChI=1S/C31H43NO7/c1-3-5-10-24(4-2)30(33)38-22-21-37-20-19-36-18-17-35-16-15-32-31(34)39-23-29-27-13-8-6-11-25(27)26-12-7-9-14-28(26)29/h6-9,11-14,24,29H,3-5,10,15-23H2,1-2H3,(H,32,34). The molecule has 8 nitrogen and oxygen atoms in total. The zero-order valence-corrected chi connectivity index (χ0v) is 23.3. The summed E-state index contributed by atoms with van der Waals surface area (Å²) in [5.74, 6) is -0.0991. The van der Waals surface area contributed by atoms with E-state index in [4.69, 9.17) is 23.7 Å². The van der Waals surface area contributed by atoms with E-state index in [0.29, 0.717) is 46.2 Å². The van der Waals surface area contributed by atoms with Crippen LogP contribution in [0, 0.1) is 5.92 Å². The molecule has 39 heavy (non-hydrogen) atoms. The second-order valence-corrected chi connectivity index (χ2v) is 9.50. The van der Waals surface area contributed by atoms with Crippen LogP contribution in [-0.4, -0.2) is 71.5 Å². The first-order valence-corrected chi connectivity index (χ1v) is 14.1. The maximum absolute atomic E-state index is 12.2. The summed E-state index contributed by atoms with van der Waals surface area (Å²) in [5.41, 5.74) is 4.78. The third kappa shape index (κ3) is 9.95.